The lowest BCUT2D eigenvalue weighted by Gasteiger charge is -2.07. The van der Waals surface area contributed by atoms with Gasteiger partial charge in [-0.15, -0.1) is 5.10 Å². The lowest BCUT2D eigenvalue weighted by Crippen LogP contribution is -1.94. The number of hydrogen-bond donors (Lipinski definition) is 0. The zero-order valence-corrected chi connectivity index (χ0v) is 13.4. The summed E-state index contributed by atoms with van der Waals surface area (Å²) in [7, 11) is 0. The zero-order chi connectivity index (χ0) is 16.7. The van der Waals surface area contributed by atoms with Crippen molar-refractivity contribution in [2.75, 3.05) is 0 Å². The average Bonchev–Trinajstić information content (AvgIpc) is 3.02. The standard InChI is InChI=1S/C19H15FN4/c1-12-6-17(18(20)7-13(12)2)14-8-15-11-24(23-19(15)22-9-14)16-4-3-5-21-10-16/h3-11H,1-2H3. The van der Waals surface area contributed by atoms with Crippen LogP contribution in [0.5, 0.6) is 0 Å². The fourth-order valence-corrected chi connectivity index (χ4v) is 2.69. The van der Waals surface area contributed by atoms with E-state index in [1.54, 1.807) is 29.3 Å². The molecule has 0 spiro atoms. The average molecular weight is 318 g/mol. The van der Waals surface area contributed by atoms with Gasteiger partial charge in [-0.1, -0.05) is 0 Å². The molecule has 118 valence electrons. The Morgan fingerprint density at radius 1 is 1.04 bits per heavy atom. The van der Waals surface area contributed by atoms with Crippen LogP contribution in [0.15, 0.2) is 55.1 Å². The summed E-state index contributed by atoms with van der Waals surface area (Å²) in [5.41, 5.74) is 4.77. The number of nitrogens with zero attached hydrogens (tertiary/aromatic N) is 4. The molecule has 0 fully saturated rings. The van der Waals surface area contributed by atoms with Crippen molar-refractivity contribution in [3.05, 3.63) is 72.1 Å². The Bertz CT molecular complexity index is 1040. The van der Waals surface area contributed by atoms with Crippen molar-refractivity contribution in [1.29, 1.82) is 0 Å². The Labute approximate surface area is 138 Å². The number of hydrogen-bond acceptors (Lipinski definition) is 3. The first kappa shape index (κ1) is 14.5. The fourth-order valence-electron chi connectivity index (χ4n) is 2.69. The maximum absolute atomic E-state index is 14.3. The minimum absolute atomic E-state index is 0.237. The number of aryl methyl sites for hydroxylation is 2. The summed E-state index contributed by atoms with van der Waals surface area (Å²) in [6.07, 6.45) is 6.99. The van der Waals surface area contributed by atoms with Gasteiger partial charge in [-0.2, -0.15) is 0 Å². The number of benzene rings is 1. The van der Waals surface area contributed by atoms with E-state index in [-0.39, 0.29) is 5.82 Å². The van der Waals surface area contributed by atoms with E-state index in [1.807, 2.05) is 44.3 Å². The first-order chi connectivity index (χ1) is 11.6. The molecule has 0 atom stereocenters. The van der Waals surface area contributed by atoms with Gasteiger partial charge in [0.2, 0.25) is 0 Å². The molecule has 1 aromatic carbocycles. The molecular weight excluding hydrogens is 303 g/mol. The van der Waals surface area contributed by atoms with Gasteiger partial charge >= 0.3 is 0 Å². The summed E-state index contributed by atoms with van der Waals surface area (Å²) < 4.78 is 16.1. The summed E-state index contributed by atoms with van der Waals surface area (Å²) in [6.45, 7) is 3.88. The number of rotatable bonds is 2. The van der Waals surface area contributed by atoms with Gasteiger partial charge in [0.15, 0.2) is 5.65 Å². The minimum Gasteiger partial charge on any atom is -0.262 e. The predicted molar refractivity (Wildman–Crippen MR) is 91.5 cm³/mol. The Hall–Kier alpha value is -3.08. The van der Waals surface area contributed by atoms with Gasteiger partial charge in [0.05, 0.1) is 11.9 Å². The van der Waals surface area contributed by atoms with Crippen LogP contribution in [-0.4, -0.2) is 19.7 Å². The topological polar surface area (TPSA) is 43.6 Å². The molecule has 0 bridgehead atoms. The quantitative estimate of drug-likeness (QED) is 0.555. The lowest BCUT2D eigenvalue weighted by atomic mass is 10.0. The van der Waals surface area contributed by atoms with Crippen molar-refractivity contribution in [3.63, 3.8) is 0 Å². The Morgan fingerprint density at radius 3 is 2.67 bits per heavy atom. The maximum atomic E-state index is 14.3. The zero-order valence-electron chi connectivity index (χ0n) is 13.4. The molecule has 4 aromatic rings. The highest BCUT2D eigenvalue weighted by atomic mass is 19.1. The maximum Gasteiger partial charge on any atom is 0.181 e. The van der Waals surface area contributed by atoms with Crippen molar-refractivity contribution >= 4 is 11.0 Å². The summed E-state index contributed by atoms with van der Waals surface area (Å²) in [5, 5.41) is 5.30. The molecular formula is C19H15FN4. The molecule has 4 rings (SSSR count). The summed E-state index contributed by atoms with van der Waals surface area (Å²) in [5.74, 6) is -0.237. The molecule has 0 amide bonds. The van der Waals surface area contributed by atoms with E-state index in [1.165, 1.54) is 0 Å². The van der Waals surface area contributed by atoms with Crippen LogP contribution in [-0.2, 0) is 0 Å². The van der Waals surface area contributed by atoms with Crippen molar-refractivity contribution in [2.45, 2.75) is 13.8 Å². The van der Waals surface area contributed by atoms with Gasteiger partial charge in [0.1, 0.15) is 5.82 Å². The van der Waals surface area contributed by atoms with Crippen molar-refractivity contribution in [3.8, 4) is 16.8 Å². The smallest absolute Gasteiger partial charge is 0.181 e. The van der Waals surface area contributed by atoms with E-state index in [0.717, 1.165) is 27.8 Å². The van der Waals surface area contributed by atoms with E-state index in [9.17, 15) is 4.39 Å². The molecule has 0 aliphatic rings. The second-order valence-corrected chi connectivity index (χ2v) is 5.84. The second kappa shape index (κ2) is 5.53. The van der Waals surface area contributed by atoms with Crippen LogP contribution in [0.4, 0.5) is 4.39 Å². The van der Waals surface area contributed by atoms with Gasteiger partial charge in [0, 0.05) is 35.1 Å². The van der Waals surface area contributed by atoms with Crippen LogP contribution in [0.1, 0.15) is 11.1 Å². The van der Waals surface area contributed by atoms with Crippen molar-refractivity contribution in [1.82, 2.24) is 19.7 Å². The third-order valence-electron chi connectivity index (χ3n) is 4.16. The molecule has 0 aliphatic heterocycles. The van der Waals surface area contributed by atoms with E-state index in [2.05, 4.69) is 15.1 Å². The Kier molecular flexibility index (Phi) is 3.34. The van der Waals surface area contributed by atoms with Gasteiger partial charge in [-0.05, 0) is 55.3 Å². The van der Waals surface area contributed by atoms with E-state index in [4.69, 9.17) is 0 Å². The minimum atomic E-state index is -0.237. The Morgan fingerprint density at radius 2 is 1.88 bits per heavy atom. The van der Waals surface area contributed by atoms with Crippen molar-refractivity contribution in [2.24, 2.45) is 0 Å². The number of halogens is 1. The molecule has 0 N–H and O–H groups in total. The van der Waals surface area contributed by atoms with Gasteiger partial charge in [-0.25, -0.2) is 14.1 Å². The monoisotopic (exact) mass is 318 g/mol. The largest absolute Gasteiger partial charge is 0.262 e. The summed E-state index contributed by atoms with van der Waals surface area (Å²) >= 11 is 0. The highest BCUT2D eigenvalue weighted by Crippen LogP contribution is 2.27. The molecule has 0 saturated carbocycles. The fraction of sp³-hybridized carbons (Fsp3) is 0.105. The molecule has 5 heteroatoms. The van der Waals surface area contributed by atoms with Crippen LogP contribution < -0.4 is 0 Å². The molecule has 3 aromatic heterocycles. The van der Waals surface area contributed by atoms with Crippen LogP contribution in [0.3, 0.4) is 0 Å². The molecule has 4 nitrogen and oxygen atoms in total. The van der Waals surface area contributed by atoms with Gasteiger partial charge in [0.25, 0.3) is 0 Å². The van der Waals surface area contributed by atoms with E-state index in [0.29, 0.717) is 11.2 Å². The van der Waals surface area contributed by atoms with Crippen LogP contribution in [0, 0.1) is 19.7 Å². The first-order valence-corrected chi connectivity index (χ1v) is 7.65. The van der Waals surface area contributed by atoms with E-state index < -0.39 is 0 Å². The molecule has 0 aliphatic carbocycles. The Balaban J connectivity index is 1.83. The summed E-state index contributed by atoms with van der Waals surface area (Å²) in [4.78, 5) is 8.47. The molecule has 0 radical (unpaired) electrons. The predicted octanol–water partition coefficient (Wildman–Crippen LogP) is 4.24. The highest BCUT2D eigenvalue weighted by Gasteiger charge is 2.11. The molecule has 0 saturated heterocycles. The van der Waals surface area contributed by atoms with Crippen molar-refractivity contribution < 1.29 is 4.39 Å². The van der Waals surface area contributed by atoms with Crippen LogP contribution in [0.25, 0.3) is 27.8 Å². The first-order valence-electron chi connectivity index (χ1n) is 7.65. The third-order valence-corrected chi connectivity index (χ3v) is 4.16. The summed E-state index contributed by atoms with van der Waals surface area (Å²) in [6, 6.07) is 9.11. The molecule has 3 heterocycles. The highest BCUT2D eigenvalue weighted by molar-refractivity contribution is 5.81. The third kappa shape index (κ3) is 2.44. The SMILES string of the molecule is Cc1cc(F)c(-c2cnc3nn(-c4cccnc4)cc3c2)cc1C. The number of aromatic nitrogens is 4. The van der Waals surface area contributed by atoms with Gasteiger partial charge in [-0.3, -0.25) is 4.98 Å². The molecule has 0 unspecified atom stereocenters. The second-order valence-electron chi connectivity index (χ2n) is 5.84. The van der Waals surface area contributed by atoms with Crippen LogP contribution in [0.2, 0.25) is 0 Å². The van der Waals surface area contributed by atoms with Crippen LogP contribution >= 0.6 is 0 Å². The number of fused-ring (bicyclic) bond motifs is 1. The number of pyridine rings is 2. The van der Waals surface area contributed by atoms with Gasteiger partial charge < -0.3 is 0 Å². The van der Waals surface area contributed by atoms with E-state index >= 15 is 0 Å². The normalized spacial score (nSPS) is 11.1. The lowest BCUT2D eigenvalue weighted by molar-refractivity contribution is 0.629. The molecule has 24 heavy (non-hydrogen) atoms.